The van der Waals surface area contributed by atoms with Crippen molar-refractivity contribution in [1.82, 2.24) is 5.32 Å². The van der Waals surface area contributed by atoms with E-state index in [1.807, 2.05) is 48.5 Å². The van der Waals surface area contributed by atoms with Gasteiger partial charge in [0.05, 0.1) is 22.6 Å². The Morgan fingerprint density at radius 1 is 1.03 bits per heavy atom. The maximum absolute atomic E-state index is 12.3. The van der Waals surface area contributed by atoms with Crippen molar-refractivity contribution in [3.05, 3.63) is 88.8 Å². The summed E-state index contributed by atoms with van der Waals surface area (Å²) in [5, 5.41) is 8.20. The molecule has 1 amide bonds. The van der Waals surface area contributed by atoms with Gasteiger partial charge in [-0.1, -0.05) is 24.3 Å². The Hall–Kier alpha value is -3.60. The third-order valence-electron chi connectivity index (χ3n) is 4.76. The molecule has 0 radical (unpaired) electrons. The minimum atomic E-state index is -3.77. The van der Waals surface area contributed by atoms with Crippen LogP contribution in [0.4, 0.5) is 5.69 Å². The lowest BCUT2D eigenvalue weighted by molar-refractivity contribution is -0.115. The Balaban J connectivity index is 1.39. The van der Waals surface area contributed by atoms with Crippen LogP contribution in [-0.2, 0) is 21.4 Å². The fourth-order valence-corrected chi connectivity index (χ4v) is 4.41. The molecule has 8 nitrogen and oxygen atoms in total. The van der Waals surface area contributed by atoms with Gasteiger partial charge in [0.1, 0.15) is 18.1 Å². The van der Waals surface area contributed by atoms with Crippen LogP contribution >= 0.6 is 11.8 Å². The quantitative estimate of drug-likeness (QED) is 0.481. The first-order valence-corrected chi connectivity index (χ1v) is 12.4. The van der Waals surface area contributed by atoms with Gasteiger partial charge in [-0.15, -0.1) is 0 Å². The van der Waals surface area contributed by atoms with Crippen molar-refractivity contribution in [3.8, 4) is 11.5 Å². The highest BCUT2D eigenvalue weighted by molar-refractivity contribution is 8.18. The molecular weight excluding hydrogens is 474 g/mol. The molecular formula is C24H21N3O5S2. The second kappa shape index (κ2) is 10.1. The van der Waals surface area contributed by atoms with E-state index < -0.39 is 10.0 Å². The maximum Gasteiger partial charge on any atom is 0.264 e. The van der Waals surface area contributed by atoms with Crippen LogP contribution in [0, 0.1) is 0 Å². The third kappa shape index (κ3) is 6.04. The van der Waals surface area contributed by atoms with Crippen LogP contribution in [0.2, 0.25) is 0 Å². The second-order valence-electron chi connectivity index (χ2n) is 7.23. The van der Waals surface area contributed by atoms with Gasteiger partial charge in [-0.05, 0) is 77.5 Å². The number of carbonyl (C=O) groups is 1. The lowest BCUT2D eigenvalue weighted by Crippen LogP contribution is -2.19. The van der Waals surface area contributed by atoms with Crippen molar-refractivity contribution >= 4 is 44.6 Å². The molecule has 1 aliphatic heterocycles. The van der Waals surface area contributed by atoms with Gasteiger partial charge in [0.2, 0.25) is 10.0 Å². The van der Waals surface area contributed by atoms with E-state index in [0.29, 0.717) is 28.1 Å². The first kappa shape index (κ1) is 23.6. The van der Waals surface area contributed by atoms with E-state index in [9.17, 15) is 13.2 Å². The Kier molecular flexibility index (Phi) is 7.01. The van der Waals surface area contributed by atoms with Crippen LogP contribution in [0.1, 0.15) is 11.1 Å². The van der Waals surface area contributed by atoms with E-state index >= 15 is 0 Å². The zero-order chi connectivity index (χ0) is 24.1. The van der Waals surface area contributed by atoms with Crippen LogP contribution < -0.4 is 19.9 Å². The number of ether oxygens (including phenoxy) is 2. The molecule has 1 heterocycles. The number of amidine groups is 1. The first-order chi connectivity index (χ1) is 16.3. The smallest absolute Gasteiger partial charge is 0.264 e. The molecule has 1 fully saturated rings. The summed E-state index contributed by atoms with van der Waals surface area (Å²) in [6, 6.07) is 20.8. The first-order valence-electron chi connectivity index (χ1n) is 10.1. The van der Waals surface area contributed by atoms with Crippen molar-refractivity contribution in [2.75, 3.05) is 7.11 Å². The van der Waals surface area contributed by atoms with E-state index in [1.54, 1.807) is 13.2 Å². The molecule has 0 spiro atoms. The summed E-state index contributed by atoms with van der Waals surface area (Å²) in [5.74, 6) is 1.22. The average Bonchev–Trinajstić information content (AvgIpc) is 3.16. The van der Waals surface area contributed by atoms with Gasteiger partial charge in [0.15, 0.2) is 5.17 Å². The molecule has 1 saturated heterocycles. The molecule has 0 aliphatic carbocycles. The summed E-state index contributed by atoms with van der Waals surface area (Å²) < 4.78 is 33.8. The summed E-state index contributed by atoms with van der Waals surface area (Å²) in [6.45, 7) is 0.411. The Labute approximate surface area is 201 Å². The molecule has 0 aromatic heterocycles. The van der Waals surface area contributed by atoms with Crippen molar-refractivity contribution in [2.24, 2.45) is 10.1 Å². The second-order valence-corrected chi connectivity index (χ2v) is 9.82. The van der Waals surface area contributed by atoms with Crippen molar-refractivity contribution in [1.29, 1.82) is 0 Å². The van der Waals surface area contributed by atoms with Gasteiger partial charge < -0.3 is 14.8 Å². The van der Waals surface area contributed by atoms with Crippen LogP contribution in [0.5, 0.6) is 11.5 Å². The molecule has 1 aliphatic rings. The fraction of sp³-hybridized carbons (Fsp3) is 0.0833. The molecule has 34 heavy (non-hydrogen) atoms. The van der Waals surface area contributed by atoms with Crippen LogP contribution in [-0.4, -0.2) is 26.6 Å². The molecule has 3 aromatic rings. The number of nitrogens with two attached hydrogens (primary N) is 1. The summed E-state index contributed by atoms with van der Waals surface area (Å²) >= 11 is 1.20. The topological polar surface area (TPSA) is 120 Å². The van der Waals surface area contributed by atoms with Gasteiger partial charge in [0.25, 0.3) is 5.91 Å². The minimum Gasteiger partial charge on any atom is -0.497 e. The number of methoxy groups -OCH3 is 1. The lowest BCUT2D eigenvalue weighted by Gasteiger charge is -2.08. The average molecular weight is 496 g/mol. The number of nitrogens with zero attached hydrogens (tertiary/aromatic N) is 1. The molecule has 0 bridgehead atoms. The number of amides is 1. The van der Waals surface area contributed by atoms with Gasteiger partial charge >= 0.3 is 0 Å². The molecule has 0 atom stereocenters. The van der Waals surface area contributed by atoms with Gasteiger partial charge in [-0.2, -0.15) is 0 Å². The van der Waals surface area contributed by atoms with Crippen molar-refractivity contribution < 1.29 is 22.7 Å². The Morgan fingerprint density at radius 3 is 2.44 bits per heavy atom. The van der Waals surface area contributed by atoms with Crippen molar-refractivity contribution in [3.63, 3.8) is 0 Å². The van der Waals surface area contributed by atoms with Crippen molar-refractivity contribution in [2.45, 2.75) is 11.5 Å². The molecule has 0 unspecified atom stereocenters. The predicted octanol–water partition coefficient (Wildman–Crippen LogP) is 3.81. The van der Waals surface area contributed by atoms with E-state index in [1.165, 1.54) is 36.0 Å². The molecule has 10 heteroatoms. The number of hydrogen-bond donors (Lipinski definition) is 2. The number of carbonyl (C=O) groups excluding carboxylic acids is 1. The van der Waals surface area contributed by atoms with Gasteiger partial charge in [-0.25, -0.2) is 18.5 Å². The molecule has 3 N–H and O–H groups in total. The normalized spacial score (nSPS) is 16.0. The van der Waals surface area contributed by atoms with Crippen LogP contribution in [0.3, 0.4) is 0 Å². The highest BCUT2D eigenvalue weighted by atomic mass is 32.2. The number of benzene rings is 3. The van der Waals surface area contributed by atoms with E-state index in [4.69, 9.17) is 14.6 Å². The fourth-order valence-electron chi connectivity index (χ4n) is 3.05. The summed E-state index contributed by atoms with van der Waals surface area (Å²) in [7, 11) is -2.15. The van der Waals surface area contributed by atoms with Gasteiger partial charge in [-0.3, -0.25) is 4.79 Å². The number of thioether (sulfide) groups is 1. The number of aliphatic imine (C=N–C) groups is 1. The monoisotopic (exact) mass is 495 g/mol. The number of sulfonamides is 1. The predicted molar refractivity (Wildman–Crippen MR) is 132 cm³/mol. The zero-order valence-electron chi connectivity index (χ0n) is 18.1. The Bertz CT molecular complexity index is 1370. The van der Waals surface area contributed by atoms with E-state index in [-0.39, 0.29) is 10.8 Å². The molecule has 0 saturated carbocycles. The van der Waals surface area contributed by atoms with Crippen LogP contribution in [0.25, 0.3) is 6.08 Å². The van der Waals surface area contributed by atoms with Gasteiger partial charge in [0, 0.05) is 0 Å². The van der Waals surface area contributed by atoms with Crippen LogP contribution in [0.15, 0.2) is 87.6 Å². The zero-order valence-corrected chi connectivity index (χ0v) is 19.7. The summed E-state index contributed by atoms with van der Waals surface area (Å²) in [4.78, 5) is 17.2. The molecule has 3 aromatic carbocycles. The largest absolute Gasteiger partial charge is 0.497 e. The highest BCUT2D eigenvalue weighted by Gasteiger charge is 2.23. The standard InChI is InChI=1S/C24H21N3O5S2/c1-31-20-4-2-3-17(13-20)15-32-19-9-5-16(6-10-19)14-22-23(28)27-24(33-22)26-18-7-11-21(12-8-18)34(25,29)30/h2-14H,15H2,1H3,(H2,25,29,30)(H,26,27,28)/b22-14-. The number of hydrogen-bond acceptors (Lipinski definition) is 7. The molecule has 174 valence electrons. The maximum atomic E-state index is 12.3. The third-order valence-corrected chi connectivity index (χ3v) is 6.60. The SMILES string of the molecule is COc1cccc(COc2ccc(/C=C3\SC(=Nc4ccc(S(N)(=O)=O)cc4)NC3=O)cc2)c1. The number of nitrogens with one attached hydrogen (secondary N) is 1. The Morgan fingerprint density at radius 2 is 1.76 bits per heavy atom. The number of primary sulfonamides is 1. The minimum absolute atomic E-state index is 0.00364. The van der Waals surface area contributed by atoms with E-state index in [0.717, 1.165) is 16.9 Å². The highest BCUT2D eigenvalue weighted by Crippen LogP contribution is 2.29. The molecule has 4 rings (SSSR count). The summed E-state index contributed by atoms with van der Waals surface area (Å²) in [5.41, 5.74) is 2.33. The van der Waals surface area contributed by atoms with E-state index in [2.05, 4.69) is 10.3 Å². The summed E-state index contributed by atoms with van der Waals surface area (Å²) in [6.07, 6.45) is 1.76. The lowest BCUT2D eigenvalue weighted by atomic mass is 10.2. The number of rotatable bonds is 7.